The maximum absolute atomic E-state index is 13.2. The highest BCUT2D eigenvalue weighted by atomic mass is 35.5. The Morgan fingerprint density at radius 1 is 1.13 bits per heavy atom. The van der Waals surface area contributed by atoms with Gasteiger partial charge in [0.05, 0.1) is 28.9 Å². The first kappa shape index (κ1) is 26.3. The highest BCUT2D eigenvalue weighted by Gasteiger charge is 2.32. The van der Waals surface area contributed by atoms with E-state index in [0.29, 0.717) is 40.3 Å². The summed E-state index contributed by atoms with van der Waals surface area (Å²) in [5, 5.41) is 8.88. The van der Waals surface area contributed by atoms with Gasteiger partial charge in [0.1, 0.15) is 5.75 Å². The summed E-state index contributed by atoms with van der Waals surface area (Å²) in [5.41, 5.74) is 3.08. The molecule has 0 radical (unpaired) electrons. The quantitative estimate of drug-likeness (QED) is 0.280. The summed E-state index contributed by atoms with van der Waals surface area (Å²) < 4.78 is 10.5. The van der Waals surface area contributed by atoms with Crippen molar-refractivity contribution in [3.8, 4) is 17.0 Å². The molecule has 200 valence electrons. The molecule has 5 rings (SSSR count). The van der Waals surface area contributed by atoms with Gasteiger partial charge >= 0.3 is 5.76 Å². The molecular formula is C27H29Cl2N5O4. The molecule has 0 spiro atoms. The van der Waals surface area contributed by atoms with Crippen molar-refractivity contribution in [2.75, 3.05) is 6.61 Å². The smallest absolute Gasteiger partial charge is 0.438 e. The fraction of sp³-hybridized carbons (Fsp3) is 0.370. The topological polar surface area (TPSA) is 116 Å². The number of benzene rings is 2. The molecule has 3 N–H and O–H groups in total. The number of aromatic amines is 2. The van der Waals surface area contributed by atoms with Crippen LogP contribution in [0.2, 0.25) is 10.0 Å². The Morgan fingerprint density at radius 3 is 2.55 bits per heavy atom. The minimum absolute atomic E-state index is 0.0125. The number of ether oxygens (including phenoxy) is 1. The van der Waals surface area contributed by atoms with Crippen LogP contribution in [0.25, 0.3) is 22.2 Å². The van der Waals surface area contributed by atoms with Crippen LogP contribution in [0.5, 0.6) is 5.75 Å². The number of nitrogens with one attached hydrogen (secondary N) is 3. The molecule has 0 aliphatic carbocycles. The summed E-state index contributed by atoms with van der Waals surface area (Å²) in [6, 6.07) is 11.4. The lowest BCUT2D eigenvalue weighted by molar-refractivity contribution is 0.0650. The zero-order valence-electron chi connectivity index (χ0n) is 21.3. The molecule has 3 heterocycles. The molecular weight excluding hydrogens is 529 g/mol. The van der Waals surface area contributed by atoms with Crippen molar-refractivity contribution in [2.24, 2.45) is 0 Å². The second-order valence-corrected chi connectivity index (χ2v) is 10.5. The standard InChI is InChI=1S/C27H29Cl2N5O4/c1-4-37-24-11-16(5-6-19(24)23-10-17-9-20(28)21(29)12-22(17)31-23)26(35)30-18-7-14(2)34(15(3)8-18)13-25-32-27(36)38-33-25/h5-6,9-12,14-15,18,31H,4,7-8,13H2,1-3H3,(H,30,35)(H,32,33,36). The number of hydrogen-bond acceptors (Lipinski definition) is 6. The van der Waals surface area contributed by atoms with Gasteiger partial charge in [-0.05, 0) is 70.0 Å². The third-order valence-electron chi connectivity index (χ3n) is 7.03. The Hall–Kier alpha value is -3.27. The average Bonchev–Trinajstić information content (AvgIpc) is 3.47. The van der Waals surface area contributed by atoms with Gasteiger partial charge in [0.25, 0.3) is 5.91 Å². The maximum atomic E-state index is 13.2. The van der Waals surface area contributed by atoms with Crippen LogP contribution in [0, 0.1) is 0 Å². The molecule has 38 heavy (non-hydrogen) atoms. The van der Waals surface area contributed by atoms with E-state index < -0.39 is 5.76 Å². The van der Waals surface area contributed by atoms with Crippen LogP contribution in [0.3, 0.4) is 0 Å². The minimum Gasteiger partial charge on any atom is -0.493 e. The number of nitrogens with zero attached hydrogens (tertiary/aromatic N) is 2. The normalized spacial score (nSPS) is 20.1. The number of carbonyl (C=O) groups is 1. The molecule has 0 saturated carbocycles. The fourth-order valence-corrected chi connectivity index (χ4v) is 5.59. The molecule has 1 amide bonds. The number of H-pyrrole nitrogens is 2. The number of aromatic nitrogens is 3. The number of amides is 1. The first-order chi connectivity index (χ1) is 18.2. The lowest BCUT2D eigenvalue weighted by Crippen LogP contribution is -2.52. The van der Waals surface area contributed by atoms with Gasteiger partial charge in [0.2, 0.25) is 0 Å². The van der Waals surface area contributed by atoms with E-state index in [1.54, 1.807) is 12.1 Å². The second-order valence-electron chi connectivity index (χ2n) is 9.73. The van der Waals surface area contributed by atoms with Crippen LogP contribution in [-0.2, 0) is 6.54 Å². The van der Waals surface area contributed by atoms with Crippen molar-refractivity contribution in [1.82, 2.24) is 25.3 Å². The Kier molecular flexibility index (Phi) is 7.52. The van der Waals surface area contributed by atoms with Gasteiger partial charge in [0, 0.05) is 40.2 Å². The molecule has 2 unspecified atom stereocenters. The number of likely N-dealkylation sites (tertiary alicyclic amines) is 1. The summed E-state index contributed by atoms with van der Waals surface area (Å²) in [7, 11) is 0. The van der Waals surface area contributed by atoms with Crippen LogP contribution in [0.1, 0.15) is 49.8 Å². The van der Waals surface area contributed by atoms with Crippen LogP contribution in [-0.4, -0.2) is 50.7 Å². The van der Waals surface area contributed by atoms with Crippen molar-refractivity contribution in [1.29, 1.82) is 0 Å². The maximum Gasteiger partial charge on any atom is 0.438 e. The summed E-state index contributed by atoms with van der Waals surface area (Å²) in [4.78, 5) is 32.7. The number of fused-ring (bicyclic) bond motifs is 1. The lowest BCUT2D eigenvalue weighted by atomic mass is 9.92. The first-order valence-electron chi connectivity index (χ1n) is 12.6. The number of halogens is 2. The molecule has 0 bridgehead atoms. The van der Waals surface area contributed by atoms with E-state index in [-0.39, 0.29) is 24.0 Å². The molecule has 1 aliphatic heterocycles. The van der Waals surface area contributed by atoms with E-state index in [0.717, 1.165) is 35.0 Å². The molecule has 1 fully saturated rings. The van der Waals surface area contributed by atoms with Gasteiger partial charge in [-0.3, -0.25) is 19.2 Å². The van der Waals surface area contributed by atoms with Crippen molar-refractivity contribution in [3.05, 3.63) is 68.4 Å². The van der Waals surface area contributed by atoms with E-state index in [4.69, 9.17) is 27.9 Å². The third kappa shape index (κ3) is 5.45. The summed E-state index contributed by atoms with van der Waals surface area (Å²) in [5.74, 6) is 0.410. The Balaban J connectivity index is 1.31. The van der Waals surface area contributed by atoms with Crippen LogP contribution in [0.15, 0.2) is 45.7 Å². The van der Waals surface area contributed by atoms with Crippen molar-refractivity contribution in [2.45, 2.75) is 58.3 Å². The zero-order chi connectivity index (χ0) is 27.0. The number of piperidine rings is 1. The molecule has 1 aliphatic rings. The third-order valence-corrected chi connectivity index (χ3v) is 7.75. The lowest BCUT2D eigenvalue weighted by Gasteiger charge is -2.42. The van der Waals surface area contributed by atoms with E-state index in [9.17, 15) is 9.59 Å². The molecule has 2 aromatic carbocycles. The average molecular weight is 558 g/mol. The Bertz CT molecular complexity index is 1480. The van der Waals surface area contributed by atoms with E-state index in [1.807, 2.05) is 31.2 Å². The van der Waals surface area contributed by atoms with Crippen LogP contribution in [0.4, 0.5) is 0 Å². The Morgan fingerprint density at radius 2 is 1.87 bits per heavy atom. The van der Waals surface area contributed by atoms with Crippen LogP contribution >= 0.6 is 23.2 Å². The van der Waals surface area contributed by atoms with Gasteiger partial charge < -0.3 is 15.0 Å². The Labute approximate surface area is 229 Å². The predicted molar refractivity (Wildman–Crippen MR) is 147 cm³/mol. The summed E-state index contributed by atoms with van der Waals surface area (Å²) in [6.45, 7) is 7.07. The number of carbonyl (C=O) groups excluding carboxylic acids is 1. The molecule has 1 saturated heterocycles. The van der Waals surface area contributed by atoms with E-state index in [1.165, 1.54) is 0 Å². The van der Waals surface area contributed by atoms with Crippen molar-refractivity contribution in [3.63, 3.8) is 0 Å². The van der Waals surface area contributed by atoms with Crippen LogP contribution < -0.4 is 15.8 Å². The van der Waals surface area contributed by atoms with Gasteiger partial charge in [-0.2, -0.15) is 0 Å². The zero-order valence-corrected chi connectivity index (χ0v) is 22.8. The number of hydrogen-bond donors (Lipinski definition) is 3. The van der Waals surface area contributed by atoms with Crippen molar-refractivity contribution >= 4 is 40.0 Å². The first-order valence-corrected chi connectivity index (χ1v) is 13.3. The minimum atomic E-state index is -0.557. The largest absolute Gasteiger partial charge is 0.493 e. The van der Waals surface area contributed by atoms with Gasteiger partial charge in [-0.25, -0.2) is 4.79 Å². The van der Waals surface area contributed by atoms with Gasteiger partial charge in [-0.1, -0.05) is 28.4 Å². The highest BCUT2D eigenvalue weighted by Crippen LogP contribution is 2.35. The predicted octanol–water partition coefficient (Wildman–Crippen LogP) is 5.39. The summed E-state index contributed by atoms with van der Waals surface area (Å²) >= 11 is 12.4. The molecule has 2 aromatic heterocycles. The SMILES string of the molecule is CCOc1cc(C(=O)NC2CC(C)N(Cc3noc(=O)[nH]3)C(C)C2)ccc1-c1cc2cc(Cl)c(Cl)cc2[nH]1. The highest BCUT2D eigenvalue weighted by molar-refractivity contribution is 6.42. The molecule has 4 aromatic rings. The van der Waals surface area contributed by atoms with E-state index in [2.05, 4.69) is 43.7 Å². The molecule has 9 nitrogen and oxygen atoms in total. The summed E-state index contributed by atoms with van der Waals surface area (Å²) in [6.07, 6.45) is 1.55. The second kappa shape index (κ2) is 10.8. The monoisotopic (exact) mass is 557 g/mol. The molecule has 2 atom stereocenters. The van der Waals surface area contributed by atoms with Gasteiger partial charge in [0.15, 0.2) is 5.82 Å². The fourth-order valence-electron chi connectivity index (χ4n) is 5.26. The van der Waals surface area contributed by atoms with Gasteiger partial charge in [-0.15, -0.1) is 0 Å². The van der Waals surface area contributed by atoms with Crippen molar-refractivity contribution < 1.29 is 14.1 Å². The number of rotatable bonds is 7. The molecule has 11 heteroatoms. The van der Waals surface area contributed by atoms with E-state index >= 15 is 0 Å².